The standard InChI is InChI=1S/C14H18N2O/c1-10-4-2-5-11(8-10)13-14(17)16-7-3-6-12(16)9-15-13/h2,4-5,8,12-13,15H,3,6-7,9H2,1H3. The van der Waals surface area contributed by atoms with Gasteiger partial charge in [0.15, 0.2) is 0 Å². The van der Waals surface area contributed by atoms with Crippen molar-refractivity contribution in [2.75, 3.05) is 13.1 Å². The molecule has 17 heavy (non-hydrogen) atoms. The van der Waals surface area contributed by atoms with Crippen molar-refractivity contribution in [3.05, 3.63) is 35.4 Å². The minimum Gasteiger partial charge on any atom is -0.337 e. The second-order valence-corrected chi connectivity index (χ2v) is 5.08. The number of nitrogens with zero attached hydrogens (tertiary/aromatic N) is 1. The Labute approximate surface area is 102 Å². The van der Waals surface area contributed by atoms with Crippen molar-refractivity contribution >= 4 is 5.91 Å². The van der Waals surface area contributed by atoms with E-state index in [2.05, 4.69) is 29.3 Å². The fraction of sp³-hybridized carbons (Fsp3) is 0.500. The summed E-state index contributed by atoms with van der Waals surface area (Å²) in [7, 11) is 0. The van der Waals surface area contributed by atoms with E-state index in [0.29, 0.717) is 6.04 Å². The lowest BCUT2D eigenvalue weighted by Crippen LogP contribution is -2.53. The Morgan fingerprint density at radius 3 is 3.12 bits per heavy atom. The van der Waals surface area contributed by atoms with Crippen molar-refractivity contribution in [3.8, 4) is 0 Å². The molecule has 2 fully saturated rings. The van der Waals surface area contributed by atoms with E-state index in [1.807, 2.05) is 12.1 Å². The maximum absolute atomic E-state index is 12.4. The monoisotopic (exact) mass is 230 g/mol. The summed E-state index contributed by atoms with van der Waals surface area (Å²) in [5.74, 6) is 0.254. The molecule has 1 aromatic rings. The molecule has 2 heterocycles. The summed E-state index contributed by atoms with van der Waals surface area (Å²) in [5.41, 5.74) is 2.31. The van der Waals surface area contributed by atoms with Gasteiger partial charge < -0.3 is 10.2 Å². The molecule has 3 rings (SSSR count). The zero-order valence-electron chi connectivity index (χ0n) is 10.1. The summed E-state index contributed by atoms with van der Waals surface area (Å²) in [4.78, 5) is 14.4. The molecule has 0 aromatic heterocycles. The molecule has 1 N–H and O–H groups in total. The van der Waals surface area contributed by atoms with Crippen LogP contribution in [0.4, 0.5) is 0 Å². The molecule has 0 aliphatic carbocycles. The van der Waals surface area contributed by atoms with Crippen LogP contribution in [-0.2, 0) is 4.79 Å². The van der Waals surface area contributed by atoms with Crippen LogP contribution in [0.3, 0.4) is 0 Å². The lowest BCUT2D eigenvalue weighted by molar-refractivity contribution is -0.137. The average molecular weight is 230 g/mol. The molecule has 1 amide bonds. The van der Waals surface area contributed by atoms with Gasteiger partial charge >= 0.3 is 0 Å². The van der Waals surface area contributed by atoms with Crippen molar-refractivity contribution in [3.63, 3.8) is 0 Å². The second kappa shape index (κ2) is 4.15. The molecule has 2 atom stereocenters. The van der Waals surface area contributed by atoms with E-state index in [1.54, 1.807) is 0 Å². The van der Waals surface area contributed by atoms with Gasteiger partial charge in [0.1, 0.15) is 6.04 Å². The van der Waals surface area contributed by atoms with Crippen LogP contribution in [0.25, 0.3) is 0 Å². The molecule has 2 aliphatic rings. The maximum atomic E-state index is 12.4. The van der Waals surface area contributed by atoms with Gasteiger partial charge in [-0.1, -0.05) is 29.8 Å². The molecule has 0 radical (unpaired) electrons. The number of amides is 1. The first-order chi connectivity index (χ1) is 8.25. The minimum atomic E-state index is -0.135. The summed E-state index contributed by atoms with van der Waals surface area (Å²) in [6.07, 6.45) is 2.30. The van der Waals surface area contributed by atoms with Gasteiger partial charge in [-0.2, -0.15) is 0 Å². The maximum Gasteiger partial charge on any atom is 0.244 e. The van der Waals surface area contributed by atoms with Gasteiger partial charge in [-0.3, -0.25) is 4.79 Å². The van der Waals surface area contributed by atoms with Gasteiger partial charge in [0.05, 0.1) is 0 Å². The predicted molar refractivity (Wildman–Crippen MR) is 66.7 cm³/mol. The first-order valence-corrected chi connectivity index (χ1v) is 6.36. The average Bonchev–Trinajstić information content (AvgIpc) is 2.78. The third-order valence-corrected chi connectivity index (χ3v) is 3.84. The largest absolute Gasteiger partial charge is 0.337 e. The van der Waals surface area contributed by atoms with Crippen LogP contribution in [0.1, 0.15) is 30.0 Å². The van der Waals surface area contributed by atoms with E-state index in [4.69, 9.17) is 0 Å². The van der Waals surface area contributed by atoms with Crippen LogP contribution in [0.2, 0.25) is 0 Å². The molecule has 0 bridgehead atoms. The smallest absolute Gasteiger partial charge is 0.244 e. The Kier molecular flexibility index (Phi) is 2.63. The number of hydrogen-bond donors (Lipinski definition) is 1. The van der Waals surface area contributed by atoms with Crippen molar-refractivity contribution in [2.45, 2.75) is 31.8 Å². The molecule has 2 aliphatic heterocycles. The number of fused-ring (bicyclic) bond motifs is 1. The summed E-state index contributed by atoms with van der Waals surface area (Å²) in [5, 5.41) is 3.39. The lowest BCUT2D eigenvalue weighted by Gasteiger charge is -2.35. The first-order valence-electron chi connectivity index (χ1n) is 6.36. The number of piperazine rings is 1. The molecule has 3 nitrogen and oxygen atoms in total. The molecule has 0 saturated carbocycles. The van der Waals surface area contributed by atoms with Gasteiger partial charge in [-0.15, -0.1) is 0 Å². The first kappa shape index (κ1) is 10.8. The van der Waals surface area contributed by atoms with E-state index in [1.165, 1.54) is 5.56 Å². The van der Waals surface area contributed by atoms with Gasteiger partial charge in [0, 0.05) is 19.1 Å². The Hall–Kier alpha value is -1.35. The van der Waals surface area contributed by atoms with Gasteiger partial charge in [-0.25, -0.2) is 0 Å². The summed E-state index contributed by atoms with van der Waals surface area (Å²) < 4.78 is 0. The summed E-state index contributed by atoms with van der Waals surface area (Å²) >= 11 is 0. The van der Waals surface area contributed by atoms with Gasteiger partial charge in [0.2, 0.25) is 5.91 Å². The van der Waals surface area contributed by atoms with Crippen molar-refractivity contribution in [2.24, 2.45) is 0 Å². The SMILES string of the molecule is Cc1cccc(C2NCC3CCCN3C2=O)c1. The summed E-state index contributed by atoms with van der Waals surface area (Å²) in [6.45, 7) is 3.94. The van der Waals surface area contributed by atoms with Crippen LogP contribution in [-0.4, -0.2) is 29.9 Å². The molecule has 2 unspecified atom stereocenters. The molecule has 3 heteroatoms. The van der Waals surface area contributed by atoms with Crippen LogP contribution in [0, 0.1) is 6.92 Å². The van der Waals surface area contributed by atoms with E-state index in [0.717, 1.165) is 31.5 Å². The van der Waals surface area contributed by atoms with E-state index in [-0.39, 0.29) is 11.9 Å². The molecule has 2 saturated heterocycles. The quantitative estimate of drug-likeness (QED) is 0.795. The highest BCUT2D eigenvalue weighted by Crippen LogP contribution is 2.27. The van der Waals surface area contributed by atoms with Gasteiger partial charge in [0.25, 0.3) is 0 Å². The normalized spacial score (nSPS) is 28.3. The highest BCUT2D eigenvalue weighted by molar-refractivity contribution is 5.84. The van der Waals surface area contributed by atoms with E-state index < -0.39 is 0 Å². The third kappa shape index (κ3) is 1.84. The Morgan fingerprint density at radius 2 is 2.29 bits per heavy atom. The summed E-state index contributed by atoms with van der Waals surface area (Å²) in [6, 6.07) is 8.53. The highest BCUT2D eigenvalue weighted by Gasteiger charge is 2.38. The van der Waals surface area contributed by atoms with Gasteiger partial charge in [-0.05, 0) is 25.3 Å². The third-order valence-electron chi connectivity index (χ3n) is 3.84. The molecule has 1 aromatic carbocycles. The van der Waals surface area contributed by atoms with Crippen LogP contribution < -0.4 is 5.32 Å². The number of hydrogen-bond acceptors (Lipinski definition) is 2. The van der Waals surface area contributed by atoms with Crippen LogP contribution in [0.15, 0.2) is 24.3 Å². The number of nitrogens with one attached hydrogen (secondary N) is 1. The van der Waals surface area contributed by atoms with Crippen molar-refractivity contribution in [1.82, 2.24) is 10.2 Å². The molecule has 0 spiro atoms. The topological polar surface area (TPSA) is 32.3 Å². The van der Waals surface area contributed by atoms with E-state index >= 15 is 0 Å². The van der Waals surface area contributed by atoms with Crippen LogP contribution in [0.5, 0.6) is 0 Å². The Balaban J connectivity index is 1.87. The van der Waals surface area contributed by atoms with Crippen molar-refractivity contribution in [1.29, 1.82) is 0 Å². The number of aryl methyl sites for hydroxylation is 1. The fourth-order valence-electron chi connectivity index (χ4n) is 2.96. The molecule has 90 valence electrons. The number of carbonyl (C=O) groups is 1. The number of carbonyl (C=O) groups excluding carboxylic acids is 1. The predicted octanol–water partition coefficient (Wildman–Crippen LogP) is 1.63. The fourth-order valence-corrected chi connectivity index (χ4v) is 2.96. The zero-order valence-corrected chi connectivity index (χ0v) is 10.1. The Bertz CT molecular complexity index is 444. The number of benzene rings is 1. The van der Waals surface area contributed by atoms with E-state index in [9.17, 15) is 4.79 Å². The van der Waals surface area contributed by atoms with Crippen LogP contribution >= 0.6 is 0 Å². The highest BCUT2D eigenvalue weighted by atomic mass is 16.2. The molecular formula is C14H18N2O. The molecular weight excluding hydrogens is 212 g/mol. The zero-order chi connectivity index (χ0) is 11.8. The van der Waals surface area contributed by atoms with Crippen molar-refractivity contribution < 1.29 is 4.79 Å². The second-order valence-electron chi connectivity index (χ2n) is 5.08. The minimum absolute atomic E-state index is 0.135. The number of rotatable bonds is 1. The Morgan fingerprint density at radius 1 is 1.41 bits per heavy atom. The lowest BCUT2D eigenvalue weighted by atomic mass is 10.00.